The molecular weight excluding hydrogens is 210 g/mol. The topological polar surface area (TPSA) is 25.2 Å². The highest BCUT2D eigenvalue weighted by atomic mass is 16.3. The zero-order chi connectivity index (χ0) is 12.3. The molecule has 0 spiro atoms. The van der Waals surface area contributed by atoms with Gasteiger partial charge in [0.25, 0.3) is 0 Å². The summed E-state index contributed by atoms with van der Waals surface area (Å²) in [5.74, 6) is 0.523. The van der Waals surface area contributed by atoms with Gasteiger partial charge >= 0.3 is 0 Å². The van der Waals surface area contributed by atoms with E-state index in [2.05, 4.69) is 50.4 Å². The average Bonchev–Trinajstić information content (AvgIpc) is 2.83. The van der Waals surface area contributed by atoms with Crippen molar-refractivity contribution in [3.05, 3.63) is 54.0 Å². The van der Waals surface area contributed by atoms with E-state index in [0.717, 1.165) is 0 Å². The average molecular weight is 229 g/mol. The highest BCUT2D eigenvalue weighted by Crippen LogP contribution is 2.27. The maximum Gasteiger partial charge on any atom is 0.0955 e. The van der Waals surface area contributed by atoms with Crippen molar-refractivity contribution >= 4 is 5.69 Å². The summed E-state index contributed by atoms with van der Waals surface area (Å²) in [5.41, 5.74) is 3.72. The van der Waals surface area contributed by atoms with Crippen LogP contribution in [-0.2, 0) is 0 Å². The van der Waals surface area contributed by atoms with Crippen LogP contribution in [-0.4, -0.2) is 0 Å². The summed E-state index contributed by atoms with van der Waals surface area (Å²) in [5, 5.41) is 3.53. The van der Waals surface area contributed by atoms with Gasteiger partial charge in [-0.3, -0.25) is 0 Å². The highest BCUT2D eigenvalue weighted by molar-refractivity contribution is 5.53. The predicted molar refractivity (Wildman–Crippen MR) is 71.3 cm³/mol. The second-order valence-corrected chi connectivity index (χ2v) is 4.66. The van der Waals surface area contributed by atoms with Crippen LogP contribution >= 0.6 is 0 Å². The fourth-order valence-electron chi connectivity index (χ4n) is 1.97. The Morgan fingerprint density at radius 2 is 1.82 bits per heavy atom. The van der Waals surface area contributed by atoms with E-state index in [4.69, 9.17) is 4.42 Å². The lowest BCUT2D eigenvalue weighted by atomic mass is 10.0. The Hall–Kier alpha value is -1.70. The number of hydrogen-bond acceptors (Lipinski definition) is 2. The smallest absolute Gasteiger partial charge is 0.0955 e. The summed E-state index contributed by atoms with van der Waals surface area (Å²) in [6.07, 6.45) is 3.50. The number of para-hydroxylation sites is 1. The molecular formula is C15H19NO. The Morgan fingerprint density at radius 1 is 1.06 bits per heavy atom. The molecule has 17 heavy (non-hydrogen) atoms. The van der Waals surface area contributed by atoms with E-state index in [-0.39, 0.29) is 6.04 Å². The number of anilines is 1. The number of nitrogens with one attached hydrogen (secondary N) is 1. The fourth-order valence-corrected chi connectivity index (χ4v) is 1.97. The Balaban J connectivity index is 2.18. The minimum absolute atomic E-state index is 0.258. The normalized spacial score (nSPS) is 12.7. The fraction of sp³-hybridized carbons (Fsp3) is 0.333. The van der Waals surface area contributed by atoms with Crippen LogP contribution in [0.2, 0.25) is 0 Å². The summed E-state index contributed by atoms with van der Waals surface area (Å²) in [4.78, 5) is 0. The maximum absolute atomic E-state index is 5.11. The van der Waals surface area contributed by atoms with Gasteiger partial charge in [0.15, 0.2) is 0 Å². The first-order valence-corrected chi connectivity index (χ1v) is 6.06. The van der Waals surface area contributed by atoms with Crippen molar-refractivity contribution in [3.8, 4) is 0 Å². The lowest BCUT2D eigenvalue weighted by Gasteiger charge is -2.18. The number of furan rings is 1. The molecule has 1 N–H and O–H groups in total. The first kappa shape index (κ1) is 11.8. The minimum atomic E-state index is 0.258. The monoisotopic (exact) mass is 229 g/mol. The van der Waals surface area contributed by atoms with Crippen LogP contribution in [0.1, 0.15) is 43.9 Å². The van der Waals surface area contributed by atoms with Crippen LogP contribution in [0, 0.1) is 0 Å². The third-order valence-corrected chi connectivity index (χ3v) is 3.00. The second-order valence-electron chi connectivity index (χ2n) is 4.66. The molecule has 1 heterocycles. The second kappa shape index (κ2) is 5.09. The van der Waals surface area contributed by atoms with E-state index in [1.807, 2.05) is 6.07 Å². The van der Waals surface area contributed by atoms with Crippen LogP contribution in [0.4, 0.5) is 5.69 Å². The minimum Gasteiger partial charge on any atom is -0.472 e. The number of rotatable bonds is 4. The van der Waals surface area contributed by atoms with Crippen molar-refractivity contribution in [1.29, 1.82) is 0 Å². The van der Waals surface area contributed by atoms with Crippen LogP contribution in [0.15, 0.2) is 47.3 Å². The van der Waals surface area contributed by atoms with E-state index in [1.165, 1.54) is 16.8 Å². The van der Waals surface area contributed by atoms with E-state index in [1.54, 1.807) is 12.5 Å². The molecule has 0 aliphatic carbocycles. The van der Waals surface area contributed by atoms with E-state index in [9.17, 15) is 0 Å². The van der Waals surface area contributed by atoms with Gasteiger partial charge in [0.2, 0.25) is 0 Å². The molecule has 0 fully saturated rings. The molecule has 2 aromatic rings. The molecule has 0 aliphatic rings. The van der Waals surface area contributed by atoms with Gasteiger partial charge in [-0.25, -0.2) is 0 Å². The van der Waals surface area contributed by atoms with E-state index < -0.39 is 0 Å². The zero-order valence-corrected chi connectivity index (χ0v) is 10.6. The van der Waals surface area contributed by atoms with Gasteiger partial charge in [0.05, 0.1) is 18.6 Å². The lowest BCUT2D eigenvalue weighted by Crippen LogP contribution is -2.08. The van der Waals surface area contributed by atoms with Gasteiger partial charge in [0.1, 0.15) is 0 Å². The highest BCUT2D eigenvalue weighted by Gasteiger charge is 2.10. The van der Waals surface area contributed by atoms with Gasteiger partial charge in [-0.15, -0.1) is 0 Å². The Morgan fingerprint density at radius 3 is 2.47 bits per heavy atom. The molecule has 2 rings (SSSR count). The Labute approximate surface area is 103 Å². The molecule has 90 valence electrons. The summed E-state index contributed by atoms with van der Waals surface area (Å²) in [7, 11) is 0. The van der Waals surface area contributed by atoms with Crippen LogP contribution < -0.4 is 5.32 Å². The maximum atomic E-state index is 5.11. The molecule has 0 radical (unpaired) electrons. The van der Waals surface area contributed by atoms with Crippen molar-refractivity contribution < 1.29 is 4.42 Å². The largest absolute Gasteiger partial charge is 0.472 e. The molecule has 2 heteroatoms. The molecule has 0 saturated heterocycles. The van der Waals surface area contributed by atoms with Crippen LogP contribution in [0.25, 0.3) is 0 Å². The molecule has 0 aliphatic heterocycles. The third-order valence-electron chi connectivity index (χ3n) is 3.00. The van der Waals surface area contributed by atoms with E-state index in [0.29, 0.717) is 5.92 Å². The third kappa shape index (κ3) is 2.70. The summed E-state index contributed by atoms with van der Waals surface area (Å²) in [6, 6.07) is 10.7. The van der Waals surface area contributed by atoms with Crippen molar-refractivity contribution in [3.63, 3.8) is 0 Å². The van der Waals surface area contributed by atoms with Crippen LogP contribution in [0.5, 0.6) is 0 Å². The van der Waals surface area contributed by atoms with Gasteiger partial charge in [0, 0.05) is 11.3 Å². The quantitative estimate of drug-likeness (QED) is 0.830. The summed E-state index contributed by atoms with van der Waals surface area (Å²) in [6.45, 7) is 6.56. The van der Waals surface area contributed by atoms with Gasteiger partial charge in [-0.1, -0.05) is 32.0 Å². The zero-order valence-electron chi connectivity index (χ0n) is 10.6. The molecule has 1 unspecified atom stereocenters. The first-order valence-electron chi connectivity index (χ1n) is 6.06. The lowest BCUT2D eigenvalue weighted by molar-refractivity contribution is 0.562. The predicted octanol–water partition coefficient (Wildman–Crippen LogP) is 4.58. The summed E-state index contributed by atoms with van der Waals surface area (Å²) < 4.78 is 5.11. The van der Waals surface area contributed by atoms with Crippen molar-refractivity contribution in [2.75, 3.05) is 5.32 Å². The Kier molecular flexibility index (Phi) is 3.52. The molecule has 1 atom stereocenters. The van der Waals surface area contributed by atoms with Gasteiger partial charge in [-0.2, -0.15) is 0 Å². The number of benzene rings is 1. The van der Waals surface area contributed by atoms with E-state index >= 15 is 0 Å². The van der Waals surface area contributed by atoms with Crippen molar-refractivity contribution in [1.82, 2.24) is 0 Å². The summed E-state index contributed by atoms with van der Waals surface area (Å²) >= 11 is 0. The standard InChI is InChI=1S/C15H19NO/c1-11(2)14-6-4-5-7-15(14)16-12(3)13-8-9-17-10-13/h4-12,16H,1-3H3. The molecule has 1 aromatic heterocycles. The molecule has 0 amide bonds. The SMILES string of the molecule is CC(C)c1ccccc1NC(C)c1ccoc1. The van der Waals surface area contributed by atoms with Gasteiger partial charge in [-0.05, 0) is 30.5 Å². The molecule has 2 nitrogen and oxygen atoms in total. The molecule has 0 bridgehead atoms. The first-order chi connectivity index (χ1) is 8.18. The Bertz CT molecular complexity index is 460. The molecule has 1 aromatic carbocycles. The van der Waals surface area contributed by atoms with Crippen LogP contribution in [0.3, 0.4) is 0 Å². The van der Waals surface area contributed by atoms with Crippen molar-refractivity contribution in [2.24, 2.45) is 0 Å². The number of hydrogen-bond donors (Lipinski definition) is 1. The van der Waals surface area contributed by atoms with Crippen molar-refractivity contribution in [2.45, 2.75) is 32.7 Å². The molecule has 0 saturated carbocycles. The van der Waals surface area contributed by atoms with Gasteiger partial charge < -0.3 is 9.73 Å².